The Balaban J connectivity index is 1.73. The van der Waals surface area contributed by atoms with Gasteiger partial charge in [-0.15, -0.1) is 0 Å². The molecule has 0 unspecified atom stereocenters. The summed E-state index contributed by atoms with van der Waals surface area (Å²) in [7, 11) is 0. The number of hydrogen-bond donors (Lipinski definition) is 1. The summed E-state index contributed by atoms with van der Waals surface area (Å²) in [6.07, 6.45) is -3.08. The second kappa shape index (κ2) is 8.02. The van der Waals surface area contributed by atoms with Crippen molar-refractivity contribution in [1.29, 1.82) is 5.26 Å². The van der Waals surface area contributed by atoms with E-state index in [-0.39, 0.29) is 23.5 Å². The molecule has 29 heavy (non-hydrogen) atoms. The zero-order chi connectivity index (χ0) is 21.0. The summed E-state index contributed by atoms with van der Waals surface area (Å²) >= 11 is 0. The van der Waals surface area contributed by atoms with Gasteiger partial charge in [-0.3, -0.25) is 9.59 Å². The number of ether oxygens (including phenoxy) is 1. The molecule has 1 amide bonds. The Morgan fingerprint density at radius 2 is 2.00 bits per heavy atom. The number of halogens is 3. The molecule has 0 bridgehead atoms. The van der Waals surface area contributed by atoms with E-state index in [4.69, 9.17) is 5.26 Å². The first kappa shape index (κ1) is 19.9. The number of aromatic nitrogens is 2. The van der Waals surface area contributed by atoms with Crippen LogP contribution in [-0.4, -0.2) is 28.5 Å². The van der Waals surface area contributed by atoms with E-state index in [2.05, 4.69) is 15.2 Å². The first-order chi connectivity index (χ1) is 13.8. The summed E-state index contributed by atoms with van der Waals surface area (Å²) in [4.78, 5) is 24.6. The van der Waals surface area contributed by atoms with Gasteiger partial charge in [-0.2, -0.15) is 23.5 Å². The van der Waals surface area contributed by atoms with Crippen molar-refractivity contribution >= 4 is 22.4 Å². The molecule has 2 aromatic carbocycles. The van der Waals surface area contributed by atoms with Gasteiger partial charge in [-0.25, -0.2) is 4.68 Å². The summed E-state index contributed by atoms with van der Waals surface area (Å²) in [6.45, 7) is -1.91. The van der Waals surface area contributed by atoms with Crippen molar-refractivity contribution < 1.29 is 22.7 Å². The number of hydrogen-bond acceptors (Lipinski definition) is 5. The molecular weight excluding hydrogens is 389 g/mol. The fraction of sp³-hybridized carbons (Fsp3) is 0.158. The molecule has 0 radical (unpaired) electrons. The lowest BCUT2D eigenvalue weighted by molar-refractivity contribution is -0.153. The van der Waals surface area contributed by atoms with Gasteiger partial charge >= 0.3 is 6.18 Å². The van der Waals surface area contributed by atoms with Gasteiger partial charge in [0.05, 0.1) is 17.1 Å². The van der Waals surface area contributed by atoms with Crippen LogP contribution in [0.3, 0.4) is 0 Å². The van der Waals surface area contributed by atoms with Crippen LogP contribution in [0.25, 0.3) is 10.8 Å². The third-order valence-corrected chi connectivity index (χ3v) is 3.83. The first-order valence-corrected chi connectivity index (χ1v) is 8.25. The average Bonchev–Trinajstić information content (AvgIpc) is 2.68. The van der Waals surface area contributed by atoms with Gasteiger partial charge in [0, 0.05) is 11.1 Å². The van der Waals surface area contributed by atoms with Crippen LogP contribution in [0.2, 0.25) is 0 Å². The molecule has 0 aliphatic carbocycles. The highest BCUT2D eigenvalue weighted by molar-refractivity contribution is 5.91. The second-order valence-corrected chi connectivity index (χ2v) is 5.97. The van der Waals surface area contributed by atoms with E-state index in [1.54, 1.807) is 30.3 Å². The van der Waals surface area contributed by atoms with Crippen molar-refractivity contribution in [3.63, 3.8) is 0 Å². The largest absolute Gasteiger partial charge is 0.483 e. The highest BCUT2D eigenvalue weighted by atomic mass is 19.4. The van der Waals surface area contributed by atoms with Crippen LogP contribution in [-0.2, 0) is 11.3 Å². The van der Waals surface area contributed by atoms with Gasteiger partial charge in [-0.1, -0.05) is 18.2 Å². The first-order valence-electron chi connectivity index (χ1n) is 8.25. The fourth-order valence-electron chi connectivity index (χ4n) is 2.56. The quantitative estimate of drug-likeness (QED) is 0.708. The average molecular weight is 402 g/mol. The van der Waals surface area contributed by atoms with Gasteiger partial charge in [0.25, 0.3) is 5.56 Å². The number of fused-ring (bicyclic) bond motifs is 1. The van der Waals surface area contributed by atoms with E-state index in [1.165, 1.54) is 18.3 Å². The van der Waals surface area contributed by atoms with Crippen LogP contribution in [0.15, 0.2) is 53.5 Å². The molecule has 148 valence electrons. The van der Waals surface area contributed by atoms with Crippen molar-refractivity contribution in [3.8, 4) is 11.8 Å². The number of carbonyl (C=O) groups excluding carboxylic acids is 1. The lowest BCUT2D eigenvalue weighted by atomic mass is 10.2. The monoisotopic (exact) mass is 402 g/mol. The van der Waals surface area contributed by atoms with E-state index in [0.29, 0.717) is 10.8 Å². The Hall–Kier alpha value is -3.87. The van der Waals surface area contributed by atoms with Crippen molar-refractivity contribution in [2.24, 2.45) is 0 Å². The standard InChI is InChI=1S/C19H13F3N4O3/c20-19(21,22)11-29-16-6-5-14(7-13(16)8-23)25-17(27)10-26-18(28)15-4-2-1-3-12(15)9-24-26/h1-7,9H,10-11H2,(H,25,27). The lowest BCUT2D eigenvalue weighted by Crippen LogP contribution is -2.29. The molecule has 3 aromatic rings. The number of carbonyl (C=O) groups is 1. The molecule has 1 heterocycles. The molecular formula is C19H13F3N4O3. The summed E-state index contributed by atoms with van der Waals surface area (Å²) in [5, 5.41) is 16.6. The number of nitrogens with one attached hydrogen (secondary N) is 1. The van der Waals surface area contributed by atoms with Gasteiger partial charge < -0.3 is 10.1 Å². The van der Waals surface area contributed by atoms with Crippen molar-refractivity contribution in [3.05, 3.63) is 64.6 Å². The minimum atomic E-state index is -4.54. The molecule has 0 fully saturated rings. The lowest BCUT2D eigenvalue weighted by Gasteiger charge is -2.12. The number of rotatable bonds is 5. The smallest absolute Gasteiger partial charge is 0.422 e. The molecule has 0 saturated carbocycles. The van der Waals surface area contributed by atoms with Gasteiger partial charge in [0.15, 0.2) is 6.61 Å². The Kier molecular flexibility index (Phi) is 5.50. The molecule has 3 rings (SSSR count). The molecule has 7 nitrogen and oxygen atoms in total. The maximum absolute atomic E-state index is 12.4. The summed E-state index contributed by atoms with van der Waals surface area (Å²) in [5.74, 6) is -0.849. The maximum Gasteiger partial charge on any atom is 0.422 e. The van der Waals surface area contributed by atoms with E-state index < -0.39 is 24.2 Å². The number of benzene rings is 2. The Morgan fingerprint density at radius 3 is 2.72 bits per heavy atom. The number of anilines is 1. The topological polar surface area (TPSA) is 97.0 Å². The SMILES string of the molecule is N#Cc1cc(NC(=O)Cn2ncc3ccccc3c2=O)ccc1OCC(F)(F)F. The normalized spacial score (nSPS) is 11.1. The predicted molar refractivity (Wildman–Crippen MR) is 97.3 cm³/mol. The molecule has 0 atom stereocenters. The Bertz CT molecular complexity index is 1170. The third kappa shape index (κ3) is 4.90. The number of nitriles is 1. The van der Waals surface area contributed by atoms with Crippen LogP contribution in [0, 0.1) is 11.3 Å². The second-order valence-electron chi connectivity index (χ2n) is 5.97. The number of nitrogens with zero attached hydrogens (tertiary/aromatic N) is 3. The minimum Gasteiger partial charge on any atom is -0.483 e. The van der Waals surface area contributed by atoms with Crippen LogP contribution in [0.4, 0.5) is 18.9 Å². The Labute approximate surface area is 161 Å². The van der Waals surface area contributed by atoms with Crippen LogP contribution in [0.1, 0.15) is 5.56 Å². The Morgan fingerprint density at radius 1 is 1.24 bits per heavy atom. The highest BCUT2D eigenvalue weighted by Crippen LogP contribution is 2.24. The number of alkyl halides is 3. The van der Waals surface area contributed by atoms with Gasteiger partial charge in [-0.05, 0) is 24.3 Å². The molecule has 0 spiro atoms. The van der Waals surface area contributed by atoms with E-state index in [0.717, 1.165) is 10.7 Å². The van der Waals surface area contributed by atoms with E-state index in [1.807, 2.05) is 0 Å². The molecule has 0 saturated heterocycles. The molecule has 0 aliphatic rings. The van der Waals surface area contributed by atoms with Crippen LogP contribution in [0.5, 0.6) is 5.75 Å². The van der Waals surface area contributed by atoms with Crippen LogP contribution < -0.4 is 15.6 Å². The molecule has 1 aromatic heterocycles. The van der Waals surface area contributed by atoms with Gasteiger partial charge in [0.2, 0.25) is 5.91 Å². The van der Waals surface area contributed by atoms with Crippen LogP contribution >= 0.6 is 0 Å². The molecule has 10 heteroatoms. The zero-order valence-electron chi connectivity index (χ0n) is 14.7. The molecule has 0 aliphatic heterocycles. The predicted octanol–water partition coefficient (Wildman–Crippen LogP) is 2.85. The van der Waals surface area contributed by atoms with Crippen molar-refractivity contribution in [2.45, 2.75) is 12.7 Å². The molecule has 1 N–H and O–H groups in total. The van der Waals surface area contributed by atoms with Crippen molar-refractivity contribution in [2.75, 3.05) is 11.9 Å². The highest BCUT2D eigenvalue weighted by Gasteiger charge is 2.28. The van der Waals surface area contributed by atoms with E-state index in [9.17, 15) is 22.8 Å². The third-order valence-electron chi connectivity index (χ3n) is 3.83. The fourth-order valence-corrected chi connectivity index (χ4v) is 2.56. The van der Waals surface area contributed by atoms with E-state index >= 15 is 0 Å². The minimum absolute atomic E-state index is 0.166. The maximum atomic E-state index is 12.4. The number of amides is 1. The summed E-state index contributed by atoms with van der Waals surface area (Å²) in [5.41, 5.74) is -0.445. The zero-order valence-corrected chi connectivity index (χ0v) is 14.7. The summed E-state index contributed by atoms with van der Waals surface area (Å²) < 4.78 is 42.4. The van der Waals surface area contributed by atoms with Crippen molar-refractivity contribution in [1.82, 2.24) is 9.78 Å². The summed E-state index contributed by atoms with van der Waals surface area (Å²) in [6, 6.07) is 12.1. The van der Waals surface area contributed by atoms with Gasteiger partial charge in [0.1, 0.15) is 18.4 Å².